The summed E-state index contributed by atoms with van der Waals surface area (Å²) in [7, 11) is 0. The van der Waals surface area contributed by atoms with Crippen LogP contribution >= 0.6 is 0 Å². The molecule has 160 valence electrons. The Balaban J connectivity index is 1.72. The third-order valence-electron chi connectivity index (χ3n) is 5.08. The van der Waals surface area contributed by atoms with Gasteiger partial charge in [-0.05, 0) is 36.1 Å². The van der Waals surface area contributed by atoms with E-state index >= 15 is 0 Å². The maximum atomic E-state index is 14.1. The van der Waals surface area contributed by atoms with E-state index in [1.807, 2.05) is 12.1 Å². The Morgan fingerprint density at radius 3 is 1.87 bits per heavy atom. The Hall–Kier alpha value is -3.28. The topological polar surface area (TPSA) is 35.5 Å². The SMILES string of the molecule is O=C(c1ccc(OCc2ccccc2)c(C(F)(F)F)c1OCc1ccccc1)C1CC1. The van der Waals surface area contributed by atoms with E-state index in [1.54, 1.807) is 48.5 Å². The molecule has 0 spiro atoms. The number of hydrogen-bond acceptors (Lipinski definition) is 3. The first kappa shape index (κ1) is 21.0. The second-order valence-corrected chi connectivity index (χ2v) is 7.50. The summed E-state index contributed by atoms with van der Waals surface area (Å²) in [5, 5.41) is 0. The number of carbonyl (C=O) groups excluding carboxylic acids is 1. The molecule has 1 aliphatic rings. The highest BCUT2D eigenvalue weighted by atomic mass is 19.4. The maximum Gasteiger partial charge on any atom is 0.423 e. The van der Waals surface area contributed by atoms with Gasteiger partial charge in [0.25, 0.3) is 0 Å². The van der Waals surface area contributed by atoms with Gasteiger partial charge in [-0.3, -0.25) is 4.79 Å². The lowest BCUT2D eigenvalue weighted by atomic mass is 10.0. The number of halogens is 3. The van der Waals surface area contributed by atoms with Crippen LogP contribution in [-0.4, -0.2) is 5.78 Å². The van der Waals surface area contributed by atoms with Gasteiger partial charge >= 0.3 is 6.18 Å². The van der Waals surface area contributed by atoms with Crippen LogP contribution in [-0.2, 0) is 19.4 Å². The van der Waals surface area contributed by atoms with E-state index in [9.17, 15) is 18.0 Å². The molecule has 1 saturated carbocycles. The molecule has 0 atom stereocenters. The lowest BCUT2D eigenvalue weighted by Gasteiger charge is -2.21. The average Bonchev–Trinajstić information content (AvgIpc) is 3.61. The van der Waals surface area contributed by atoms with Crippen molar-refractivity contribution >= 4 is 5.78 Å². The molecule has 0 radical (unpaired) electrons. The molecular weight excluding hydrogens is 405 g/mol. The number of carbonyl (C=O) groups is 1. The van der Waals surface area contributed by atoms with Gasteiger partial charge in [0.2, 0.25) is 0 Å². The molecule has 4 rings (SSSR count). The van der Waals surface area contributed by atoms with Crippen LogP contribution in [0.3, 0.4) is 0 Å². The molecule has 1 aliphatic carbocycles. The first-order valence-corrected chi connectivity index (χ1v) is 10.1. The number of alkyl halides is 3. The van der Waals surface area contributed by atoms with Gasteiger partial charge in [-0.2, -0.15) is 13.2 Å². The van der Waals surface area contributed by atoms with Crippen molar-refractivity contribution in [1.29, 1.82) is 0 Å². The zero-order chi connectivity index (χ0) is 21.8. The predicted octanol–water partition coefficient (Wildman–Crippen LogP) is 6.46. The third kappa shape index (κ3) is 5.08. The zero-order valence-electron chi connectivity index (χ0n) is 16.7. The summed E-state index contributed by atoms with van der Waals surface area (Å²) in [5.41, 5.74) is 0.347. The van der Waals surface area contributed by atoms with E-state index < -0.39 is 17.5 Å². The Bertz CT molecular complexity index is 1040. The molecule has 0 heterocycles. The van der Waals surface area contributed by atoms with Gasteiger partial charge < -0.3 is 9.47 Å². The molecule has 6 heteroatoms. The van der Waals surface area contributed by atoms with Crippen molar-refractivity contribution in [2.24, 2.45) is 5.92 Å². The van der Waals surface area contributed by atoms with Crippen molar-refractivity contribution < 1.29 is 27.4 Å². The van der Waals surface area contributed by atoms with Crippen LogP contribution in [0.4, 0.5) is 13.2 Å². The zero-order valence-corrected chi connectivity index (χ0v) is 16.7. The summed E-state index contributed by atoms with van der Waals surface area (Å²) >= 11 is 0. The van der Waals surface area contributed by atoms with Crippen LogP contribution in [0.2, 0.25) is 0 Å². The lowest BCUT2D eigenvalue weighted by Crippen LogP contribution is -2.16. The normalized spacial score (nSPS) is 13.6. The molecule has 31 heavy (non-hydrogen) atoms. The molecule has 0 bridgehead atoms. The first-order valence-electron chi connectivity index (χ1n) is 10.1. The molecule has 3 aromatic rings. The van der Waals surface area contributed by atoms with Gasteiger partial charge in [0.1, 0.15) is 30.3 Å². The Labute approximate surface area is 178 Å². The highest BCUT2D eigenvalue weighted by Gasteiger charge is 2.42. The monoisotopic (exact) mass is 426 g/mol. The predicted molar refractivity (Wildman–Crippen MR) is 110 cm³/mol. The molecule has 0 N–H and O–H groups in total. The molecular formula is C25H21F3O3. The number of ketones is 1. The average molecular weight is 426 g/mol. The van der Waals surface area contributed by atoms with Crippen molar-refractivity contribution in [1.82, 2.24) is 0 Å². The van der Waals surface area contributed by atoms with E-state index in [0.717, 1.165) is 5.56 Å². The standard InChI is InChI=1S/C25H21F3O3/c26-25(27,28)22-21(30-15-17-7-3-1-4-8-17)14-13-20(23(29)19-11-12-19)24(22)31-16-18-9-5-2-6-10-18/h1-10,13-14,19H,11-12,15-16H2. The van der Waals surface area contributed by atoms with Gasteiger partial charge in [0, 0.05) is 5.92 Å². The molecule has 0 aliphatic heterocycles. The Kier molecular flexibility index (Phi) is 5.98. The lowest BCUT2D eigenvalue weighted by molar-refractivity contribution is -0.140. The molecule has 3 aromatic carbocycles. The van der Waals surface area contributed by atoms with Gasteiger partial charge in [0.05, 0.1) is 5.56 Å². The Morgan fingerprint density at radius 1 is 0.806 bits per heavy atom. The van der Waals surface area contributed by atoms with Crippen LogP contribution in [0.15, 0.2) is 72.8 Å². The molecule has 0 unspecified atom stereocenters. The number of benzene rings is 3. The highest BCUT2D eigenvalue weighted by molar-refractivity contribution is 6.02. The molecule has 3 nitrogen and oxygen atoms in total. The minimum Gasteiger partial charge on any atom is -0.488 e. The quantitative estimate of drug-likeness (QED) is 0.388. The van der Waals surface area contributed by atoms with Crippen LogP contribution in [0.1, 0.15) is 39.9 Å². The number of rotatable bonds is 8. The van der Waals surface area contributed by atoms with Crippen molar-refractivity contribution in [3.05, 3.63) is 95.1 Å². The summed E-state index contributed by atoms with van der Waals surface area (Å²) in [4.78, 5) is 12.7. The van der Waals surface area contributed by atoms with Gasteiger partial charge in [0.15, 0.2) is 5.78 Å². The summed E-state index contributed by atoms with van der Waals surface area (Å²) in [6.45, 7) is -0.116. The smallest absolute Gasteiger partial charge is 0.423 e. The second kappa shape index (κ2) is 8.84. The third-order valence-corrected chi connectivity index (χ3v) is 5.08. The summed E-state index contributed by atoms with van der Waals surface area (Å²) in [6.07, 6.45) is -3.38. The second-order valence-electron chi connectivity index (χ2n) is 7.50. The summed E-state index contributed by atoms with van der Waals surface area (Å²) in [6, 6.07) is 20.4. The van der Waals surface area contributed by atoms with Crippen LogP contribution in [0.25, 0.3) is 0 Å². The minimum absolute atomic E-state index is 0.0298. The van der Waals surface area contributed by atoms with E-state index in [1.165, 1.54) is 12.1 Å². The first-order chi connectivity index (χ1) is 14.9. The van der Waals surface area contributed by atoms with E-state index in [2.05, 4.69) is 0 Å². The Morgan fingerprint density at radius 2 is 1.35 bits per heavy atom. The number of Topliss-reactive ketones (excluding diaryl/α,β-unsaturated/α-hetero) is 1. The molecule has 0 amide bonds. The maximum absolute atomic E-state index is 14.1. The van der Waals surface area contributed by atoms with E-state index in [4.69, 9.17) is 9.47 Å². The largest absolute Gasteiger partial charge is 0.488 e. The van der Waals surface area contributed by atoms with E-state index in [0.29, 0.717) is 18.4 Å². The fourth-order valence-electron chi connectivity index (χ4n) is 3.33. The van der Waals surface area contributed by atoms with E-state index in [-0.39, 0.29) is 36.2 Å². The number of ether oxygens (including phenoxy) is 2. The molecule has 0 aromatic heterocycles. The number of hydrogen-bond donors (Lipinski definition) is 0. The van der Waals surface area contributed by atoms with Crippen LogP contribution < -0.4 is 9.47 Å². The molecule has 0 saturated heterocycles. The highest BCUT2D eigenvalue weighted by Crippen LogP contribution is 2.47. The van der Waals surface area contributed by atoms with Crippen LogP contribution in [0.5, 0.6) is 11.5 Å². The van der Waals surface area contributed by atoms with Crippen molar-refractivity contribution in [3.63, 3.8) is 0 Å². The van der Waals surface area contributed by atoms with Gasteiger partial charge in [-0.15, -0.1) is 0 Å². The fourth-order valence-corrected chi connectivity index (χ4v) is 3.33. The van der Waals surface area contributed by atoms with Crippen molar-refractivity contribution in [3.8, 4) is 11.5 Å². The molecule has 1 fully saturated rings. The summed E-state index contributed by atoms with van der Waals surface area (Å²) < 4.78 is 53.6. The van der Waals surface area contributed by atoms with Crippen molar-refractivity contribution in [2.75, 3.05) is 0 Å². The van der Waals surface area contributed by atoms with Crippen LogP contribution in [0, 0.1) is 5.92 Å². The van der Waals surface area contributed by atoms with Gasteiger partial charge in [-0.25, -0.2) is 0 Å². The fraction of sp³-hybridized carbons (Fsp3) is 0.240. The minimum atomic E-state index is -4.75. The van der Waals surface area contributed by atoms with Crippen molar-refractivity contribution in [2.45, 2.75) is 32.2 Å². The summed E-state index contributed by atoms with van der Waals surface area (Å²) in [5.74, 6) is -1.37. The van der Waals surface area contributed by atoms with Gasteiger partial charge in [-0.1, -0.05) is 60.7 Å².